The molecule has 1 aliphatic rings. The fraction of sp³-hybridized carbons (Fsp3) is 0.429. The Morgan fingerprint density at radius 1 is 1.26 bits per heavy atom. The number of quaternary nitrogens is 1. The standard InChI is InChI=1S/C21H24ClN3OS/c1-11-4-9-16-17(10-11)27-21-18(16)20(26)24-19(25-21)13(3)23-12(2)14-5-7-15(22)8-6-14/h5-8,11-13,23H,4,9-10H2,1-3H3,(H,24,25,26)/p+1/t11-,12-,13-/m0/s1. The lowest BCUT2D eigenvalue weighted by atomic mass is 9.89. The van der Waals surface area contributed by atoms with Crippen molar-refractivity contribution >= 4 is 33.2 Å². The Labute approximate surface area is 168 Å². The minimum absolute atomic E-state index is 0.0152. The third-order valence-corrected chi connectivity index (χ3v) is 6.99. The third-order valence-electron chi connectivity index (χ3n) is 5.59. The fourth-order valence-corrected chi connectivity index (χ4v) is 5.50. The highest BCUT2D eigenvalue weighted by molar-refractivity contribution is 7.18. The summed E-state index contributed by atoms with van der Waals surface area (Å²) in [5.41, 5.74) is 2.45. The van der Waals surface area contributed by atoms with Gasteiger partial charge in [-0.2, -0.15) is 0 Å². The minimum atomic E-state index is 0.0152. The monoisotopic (exact) mass is 402 g/mol. The number of nitrogens with zero attached hydrogens (tertiary/aromatic N) is 1. The van der Waals surface area contributed by atoms with E-state index in [4.69, 9.17) is 16.6 Å². The van der Waals surface area contributed by atoms with Gasteiger partial charge in [0, 0.05) is 15.5 Å². The van der Waals surface area contributed by atoms with Gasteiger partial charge in [0.05, 0.1) is 5.39 Å². The summed E-state index contributed by atoms with van der Waals surface area (Å²) in [6, 6.07) is 8.22. The van der Waals surface area contributed by atoms with Crippen LogP contribution < -0.4 is 10.9 Å². The average molecular weight is 403 g/mol. The summed E-state index contributed by atoms with van der Waals surface area (Å²) in [6.07, 6.45) is 3.22. The number of hydrogen-bond acceptors (Lipinski definition) is 3. The molecule has 0 unspecified atom stereocenters. The second-order valence-corrected chi connectivity index (χ2v) is 9.32. The molecule has 142 valence electrons. The van der Waals surface area contributed by atoms with Gasteiger partial charge in [-0.1, -0.05) is 30.7 Å². The van der Waals surface area contributed by atoms with E-state index in [-0.39, 0.29) is 17.6 Å². The molecule has 0 bridgehead atoms. The lowest BCUT2D eigenvalue weighted by Gasteiger charge is -2.17. The van der Waals surface area contributed by atoms with Crippen molar-refractivity contribution in [1.82, 2.24) is 9.97 Å². The number of nitrogens with one attached hydrogen (secondary N) is 1. The maximum atomic E-state index is 12.8. The average Bonchev–Trinajstić information content (AvgIpc) is 2.99. The van der Waals surface area contributed by atoms with Crippen LogP contribution in [-0.4, -0.2) is 9.97 Å². The van der Waals surface area contributed by atoms with Crippen LogP contribution >= 0.6 is 22.9 Å². The van der Waals surface area contributed by atoms with Crippen LogP contribution in [0.2, 0.25) is 5.02 Å². The molecule has 3 atom stereocenters. The molecule has 0 radical (unpaired) electrons. The molecular weight excluding hydrogens is 378 g/mol. The van der Waals surface area contributed by atoms with Crippen molar-refractivity contribution in [3.63, 3.8) is 0 Å². The van der Waals surface area contributed by atoms with Gasteiger partial charge in [-0.3, -0.25) is 4.79 Å². The Morgan fingerprint density at radius 3 is 2.74 bits per heavy atom. The van der Waals surface area contributed by atoms with Crippen LogP contribution in [0.25, 0.3) is 10.2 Å². The summed E-state index contributed by atoms with van der Waals surface area (Å²) >= 11 is 7.69. The van der Waals surface area contributed by atoms with Gasteiger partial charge in [-0.05, 0) is 56.7 Å². The number of H-pyrrole nitrogens is 1. The lowest BCUT2D eigenvalue weighted by Crippen LogP contribution is -2.85. The Bertz CT molecular complexity index is 1020. The molecule has 4 rings (SSSR count). The number of aromatic amines is 1. The topological polar surface area (TPSA) is 62.4 Å². The highest BCUT2D eigenvalue weighted by Gasteiger charge is 2.25. The summed E-state index contributed by atoms with van der Waals surface area (Å²) in [6.45, 7) is 6.53. The largest absolute Gasteiger partial charge is 0.332 e. The van der Waals surface area contributed by atoms with Crippen LogP contribution in [0, 0.1) is 5.92 Å². The second kappa shape index (κ2) is 7.38. The van der Waals surface area contributed by atoms with Crippen molar-refractivity contribution in [2.24, 2.45) is 5.92 Å². The van der Waals surface area contributed by atoms with Crippen molar-refractivity contribution < 1.29 is 5.32 Å². The maximum Gasteiger partial charge on any atom is 0.260 e. The Balaban J connectivity index is 1.61. The zero-order chi connectivity index (χ0) is 19.1. The summed E-state index contributed by atoms with van der Waals surface area (Å²) in [7, 11) is 0. The first-order valence-electron chi connectivity index (χ1n) is 9.57. The molecule has 4 nitrogen and oxygen atoms in total. The van der Waals surface area contributed by atoms with Crippen molar-refractivity contribution in [3.05, 3.63) is 61.5 Å². The van der Waals surface area contributed by atoms with E-state index in [2.05, 4.69) is 31.1 Å². The first-order valence-corrected chi connectivity index (χ1v) is 10.8. The van der Waals surface area contributed by atoms with Gasteiger partial charge in [0.1, 0.15) is 16.9 Å². The summed E-state index contributed by atoms with van der Waals surface area (Å²) in [5.74, 6) is 1.44. The molecule has 0 amide bonds. The highest BCUT2D eigenvalue weighted by Crippen LogP contribution is 2.35. The molecule has 0 fully saturated rings. The third kappa shape index (κ3) is 3.68. The van der Waals surface area contributed by atoms with Gasteiger partial charge in [-0.25, -0.2) is 4.98 Å². The summed E-state index contributed by atoms with van der Waals surface area (Å²) in [5, 5.41) is 3.79. The first kappa shape index (κ1) is 18.7. The van der Waals surface area contributed by atoms with Gasteiger partial charge in [0.25, 0.3) is 5.56 Å². The van der Waals surface area contributed by atoms with Crippen molar-refractivity contribution in [2.45, 2.75) is 52.1 Å². The van der Waals surface area contributed by atoms with E-state index in [9.17, 15) is 4.79 Å². The zero-order valence-corrected chi connectivity index (χ0v) is 17.5. The van der Waals surface area contributed by atoms with E-state index >= 15 is 0 Å². The molecule has 27 heavy (non-hydrogen) atoms. The first-order chi connectivity index (χ1) is 12.9. The van der Waals surface area contributed by atoms with Crippen LogP contribution in [0.4, 0.5) is 0 Å². The fourth-order valence-electron chi connectivity index (χ4n) is 3.98. The van der Waals surface area contributed by atoms with Crippen LogP contribution in [0.3, 0.4) is 0 Å². The molecule has 0 spiro atoms. The van der Waals surface area contributed by atoms with Gasteiger partial charge in [-0.15, -0.1) is 11.3 Å². The van der Waals surface area contributed by atoms with E-state index in [0.29, 0.717) is 5.92 Å². The number of nitrogens with two attached hydrogens (primary N) is 1. The summed E-state index contributed by atoms with van der Waals surface area (Å²) < 4.78 is 0. The number of fused-ring (bicyclic) bond motifs is 3. The van der Waals surface area contributed by atoms with Gasteiger partial charge >= 0.3 is 0 Å². The molecule has 2 aromatic heterocycles. The van der Waals surface area contributed by atoms with Gasteiger partial charge < -0.3 is 10.3 Å². The number of aryl methyl sites for hydroxylation is 1. The predicted octanol–water partition coefficient (Wildman–Crippen LogP) is 4.15. The molecule has 2 heterocycles. The number of hydrogen-bond donors (Lipinski definition) is 2. The SMILES string of the molecule is C[C@H]1CCc2c(sc3nc([C@H](C)[NH2+][C@@H](C)c4ccc(Cl)cc4)[nH]c(=O)c23)C1. The second-order valence-electron chi connectivity index (χ2n) is 7.80. The van der Waals surface area contributed by atoms with Crippen LogP contribution in [0.5, 0.6) is 0 Å². The van der Waals surface area contributed by atoms with E-state index in [0.717, 1.165) is 40.3 Å². The molecule has 0 saturated carbocycles. The van der Waals surface area contributed by atoms with Crippen molar-refractivity contribution in [3.8, 4) is 0 Å². The van der Waals surface area contributed by atoms with Gasteiger partial charge in [0.2, 0.25) is 0 Å². The number of aromatic nitrogens is 2. The highest BCUT2D eigenvalue weighted by atomic mass is 35.5. The van der Waals surface area contributed by atoms with E-state index in [1.54, 1.807) is 11.3 Å². The molecule has 3 N–H and O–H groups in total. The molecule has 1 aliphatic carbocycles. The number of rotatable bonds is 4. The van der Waals surface area contributed by atoms with Crippen LogP contribution in [-0.2, 0) is 12.8 Å². The molecule has 0 saturated heterocycles. The quantitative estimate of drug-likeness (QED) is 0.688. The number of halogens is 1. The lowest BCUT2D eigenvalue weighted by molar-refractivity contribution is -0.729. The zero-order valence-electron chi connectivity index (χ0n) is 15.9. The van der Waals surface area contributed by atoms with E-state index < -0.39 is 0 Å². The maximum absolute atomic E-state index is 12.8. The minimum Gasteiger partial charge on any atom is -0.332 e. The van der Waals surface area contributed by atoms with E-state index in [1.807, 2.05) is 24.3 Å². The summed E-state index contributed by atoms with van der Waals surface area (Å²) in [4.78, 5) is 22.9. The molecule has 0 aliphatic heterocycles. The number of thiophene rings is 1. The van der Waals surface area contributed by atoms with E-state index in [1.165, 1.54) is 16.0 Å². The Hall–Kier alpha value is -1.69. The Morgan fingerprint density at radius 2 is 2.00 bits per heavy atom. The molecule has 6 heteroatoms. The van der Waals surface area contributed by atoms with Crippen molar-refractivity contribution in [2.75, 3.05) is 0 Å². The smallest absolute Gasteiger partial charge is 0.260 e. The normalized spacial score (nSPS) is 19.0. The molecular formula is C21H25ClN3OS+. The van der Waals surface area contributed by atoms with Crippen molar-refractivity contribution in [1.29, 1.82) is 0 Å². The molecule has 1 aromatic carbocycles. The van der Waals surface area contributed by atoms with Crippen LogP contribution in [0.1, 0.15) is 61.1 Å². The Kier molecular flexibility index (Phi) is 5.10. The predicted molar refractivity (Wildman–Crippen MR) is 112 cm³/mol. The van der Waals surface area contributed by atoms with Crippen LogP contribution in [0.15, 0.2) is 29.1 Å². The number of benzene rings is 1. The molecule has 3 aromatic rings. The van der Waals surface area contributed by atoms with Gasteiger partial charge in [0.15, 0.2) is 5.82 Å².